The van der Waals surface area contributed by atoms with Gasteiger partial charge in [-0.25, -0.2) is 0 Å². The Kier molecular flexibility index (Phi) is 6.86. The third-order valence-electron chi connectivity index (χ3n) is 2.83. The molecular formula is C16H15ClINOS. The van der Waals surface area contributed by atoms with Crippen LogP contribution in [-0.2, 0) is 5.75 Å². The van der Waals surface area contributed by atoms with Gasteiger partial charge in [-0.1, -0.05) is 35.9 Å². The molecule has 0 bridgehead atoms. The smallest absolute Gasteiger partial charge is 0.252 e. The van der Waals surface area contributed by atoms with Crippen LogP contribution in [0, 0.1) is 3.57 Å². The summed E-state index contributed by atoms with van der Waals surface area (Å²) in [6.45, 7) is 0.669. The molecule has 2 aromatic rings. The lowest BCUT2D eigenvalue weighted by atomic mass is 10.2. The van der Waals surface area contributed by atoms with Crippen molar-refractivity contribution in [3.8, 4) is 0 Å². The molecule has 21 heavy (non-hydrogen) atoms. The van der Waals surface area contributed by atoms with E-state index in [2.05, 4.69) is 27.9 Å². The number of hydrogen-bond acceptors (Lipinski definition) is 2. The third-order valence-corrected chi connectivity index (χ3v) is 5.06. The second kappa shape index (κ2) is 8.66. The molecule has 0 fully saturated rings. The van der Waals surface area contributed by atoms with Gasteiger partial charge in [-0.15, -0.1) is 0 Å². The van der Waals surface area contributed by atoms with Gasteiger partial charge in [-0.3, -0.25) is 4.79 Å². The first kappa shape index (κ1) is 16.6. The Morgan fingerprint density at radius 2 is 1.86 bits per heavy atom. The Labute approximate surface area is 147 Å². The van der Waals surface area contributed by atoms with E-state index in [1.807, 2.05) is 48.5 Å². The van der Waals surface area contributed by atoms with Gasteiger partial charge in [0.1, 0.15) is 0 Å². The van der Waals surface area contributed by atoms with Gasteiger partial charge >= 0.3 is 0 Å². The largest absolute Gasteiger partial charge is 0.351 e. The van der Waals surface area contributed by atoms with Crippen LogP contribution >= 0.6 is 46.0 Å². The van der Waals surface area contributed by atoms with E-state index in [1.54, 1.807) is 11.8 Å². The van der Waals surface area contributed by atoms with Crippen molar-refractivity contribution in [3.63, 3.8) is 0 Å². The normalized spacial score (nSPS) is 10.4. The minimum atomic E-state index is -0.00732. The van der Waals surface area contributed by atoms with Crippen LogP contribution in [0.3, 0.4) is 0 Å². The van der Waals surface area contributed by atoms with Crippen LogP contribution < -0.4 is 5.32 Å². The van der Waals surface area contributed by atoms with E-state index in [0.717, 1.165) is 25.7 Å². The summed E-state index contributed by atoms with van der Waals surface area (Å²) in [6, 6.07) is 15.4. The second-order valence-electron chi connectivity index (χ2n) is 4.41. The van der Waals surface area contributed by atoms with Crippen LogP contribution in [0.4, 0.5) is 0 Å². The van der Waals surface area contributed by atoms with E-state index in [4.69, 9.17) is 11.6 Å². The zero-order valence-corrected chi connectivity index (χ0v) is 15.0. The van der Waals surface area contributed by atoms with Crippen molar-refractivity contribution in [2.45, 2.75) is 5.75 Å². The highest BCUT2D eigenvalue weighted by Crippen LogP contribution is 2.15. The fourth-order valence-corrected chi connectivity index (χ4v) is 3.33. The molecule has 1 N–H and O–H groups in total. The summed E-state index contributed by atoms with van der Waals surface area (Å²) >= 11 is 9.82. The molecule has 0 aliphatic carbocycles. The van der Waals surface area contributed by atoms with E-state index in [9.17, 15) is 4.79 Å². The zero-order valence-electron chi connectivity index (χ0n) is 11.3. The summed E-state index contributed by atoms with van der Waals surface area (Å²) in [6.07, 6.45) is 0. The number of carbonyl (C=O) groups excluding carboxylic acids is 1. The molecule has 5 heteroatoms. The average Bonchev–Trinajstić information content (AvgIpc) is 2.49. The Morgan fingerprint density at radius 3 is 2.57 bits per heavy atom. The second-order valence-corrected chi connectivity index (χ2v) is 7.12. The maximum Gasteiger partial charge on any atom is 0.252 e. The first-order valence-corrected chi connectivity index (χ1v) is 9.13. The highest BCUT2D eigenvalue weighted by Gasteiger charge is 2.07. The molecule has 0 spiro atoms. The first-order valence-electron chi connectivity index (χ1n) is 6.52. The maximum absolute atomic E-state index is 12.0. The van der Waals surface area contributed by atoms with Crippen molar-refractivity contribution in [1.29, 1.82) is 0 Å². The van der Waals surface area contributed by atoms with Gasteiger partial charge in [0.25, 0.3) is 5.91 Å². The van der Waals surface area contributed by atoms with Crippen molar-refractivity contribution in [2.24, 2.45) is 0 Å². The van der Waals surface area contributed by atoms with Crippen LogP contribution in [0.2, 0.25) is 5.02 Å². The van der Waals surface area contributed by atoms with Gasteiger partial charge in [0.15, 0.2) is 0 Å². The van der Waals surface area contributed by atoms with E-state index in [1.165, 1.54) is 5.56 Å². The summed E-state index contributed by atoms with van der Waals surface area (Å²) < 4.78 is 0.974. The molecule has 0 unspecified atom stereocenters. The van der Waals surface area contributed by atoms with Gasteiger partial charge in [-0.2, -0.15) is 11.8 Å². The van der Waals surface area contributed by atoms with Crippen molar-refractivity contribution < 1.29 is 4.79 Å². The van der Waals surface area contributed by atoms with Crippen LogP contribution in [-0.4, -0.2) is 18.2 Å². The Bertz CT molecular complexity index is 603. The highest BCUT2D eigenvalue weighted by atomic mass is 127. The van der Waals surface area contributed by atoms with Crippen LogP contribution in [0.25, 0.3) is 0 Å². The molecule has 2 nitrogen and oxygen atoms in total. The molecule has 0 aliphatic rings. The number of benzene rings is 2. The molecular weight excluding hydrogens is 417 g/mol. The number of hydrogen-bond donors (Lipinski definition) is 1. The van der Waals surface area contributed by atoms with Crippen molar-refractivity contribution >= 4 is 51.9 Å². The summed E-state index contributed by atoms with van der Waals surface area (Å²) in [5.74, 6) is 1.81. The minimum absolute atomic E-state index is 0.00732. The summed E-state index contributed by atoms with van der Waals surface area (Å²) in [5.41, 5.74) is 1.98. The Balaban J connectivity index is 1.69. The van der Waals surface area contributed by atoms with E-state index in [-0.39, 0.29) is 5.91 Å². The fourth-order valence-electron chi connectivity index (χ4n) is 1.75. The Hall–Kier alpha value is -0.720. The van der Waals surface area contributed by atoms with Crippen LogP contribution in [0.1, 0.15) is 15.9 Å². The predicted octanol–water partition coefficient (Wildman–Crippen LogP) is 4.61. The number of amides is 1. The molecule has 0 aliphatic heterocycles. The molecule has 0 radical (unpaired) electrons. The van der Waals surface area contributed by atoms with Crippen molar-refractivity contribution in [3.05, 3.63) is 68.3 Å². The SMILES string of the molecule is O=C(NCCSCc1ccc(Cl)cc1)c1ccccc1I. The molecule has 110 valence electrons. The van der Waals surface area contributed by atoms with E-state index in [0.29, 0.717) is 6.54 Å². The van der Waals surface area contributed by atoms with Gasteiger partial charge in [0.2, 0.25) is 0 Å². The van der Waals surface area contributed by atoms with Gasteiger partial charge < -0.3 is 5.32 Å². The molecule has 0 atom stereocenters. The zero-order chi connectivity index (χ0) is 15.1. The maximum atomic E-state index is 12.0. The standard InChI is InChI=1S/C16H15ClINOS/c17-13-7-5-12(6-8-13)11-21-10-9-19-16(20)14-3-1-2-4-15(14)18/h1-8H,9-11H2,(H,19,20). The first-order chi connectivity index (χ1) is 10.2. The molecule has 2 rings (SSSR count). The Morgan fingerprint density at radius 1 is 1.14 bits per heavy atom. The molecule has 2 aromatic carbocycles. The predicted molar refractivity (Wildman–Crippen MR) is 99.1 cm³/mol. The third kappa shape index (κ3) is 5.52. The fraction of sp³-hybridized carbons (Fsp3) is 0.188. The summed E-state index contributed by atoms with van der Waals surface area (Å²) in [4.78, 5) is 12.0. The number of rotatable bonds is 6. The number of carbonyl (C=O) groups is 1. The van der Waals surface area contributed by atoms with Crippen molar-refractivity contribution in [1.82, 2.24) is 5.32 Å². The lowest BCUT2D eigenvalue weighted by molar-refractivity contribution is 0.0955. The van der Waals surface area contributed by atoms with E-state index < -0.39 is 0 Å². The summed E-state index contributed by atoms with van der Waals surface area (Å²) in [5, 5.41) is 3.71. The lowest BCUT2D eigenvalue weighted by Crippen LogP contribution is -2.26. The monoisotopic (exact) mass is 431 g/mol. The van der Waals surface area contributed by atoms with Crippen molar-refractivity contribution in [2.75, 3.05) is 12.3 Å². The van der Waals surface area contributed by atoms with Gasteiger partial charge in [0.05, 0.1) is 5.56 Å². The molecule has 0 saturated heterocycles. The van der Waals surface area contributed by atoms with Crippen LogP contribution in [0.15, 0.2) is 48.5 Å². The van der Waals surface area contributed by atoms with Gasteiger partial charge in [0, 0.05) is 26.6 Å². The summed E-state index contributed by atoms with van der Waals surface area (Å²) in [7, 11) is 0. The quantitative estimate of drug-likeness (QED) is 0.535. The molecule has 1 amide bonds. The minimum Gasteiger partial charge on any atom is -0.351 e. The highest BCUT2D eigenvalue weighted by molar-refractivity contribution is 14.1. The topological polar surface area (TPSA) is 29.1 Å². The molecule has 0 aromatic heterocycles. The van der Waals surface area contributed by atoms with Crippen LogP contribution in [0.5, 0.6) is 0 Å². The molecule has 0 heterocycles. The molecule has 0 saturated carbocycles. The van der Waals surface area contributed by atoms with E-state index >= 15 is 0 Å². The number of halogens is 2. The van der Waals surface area contributed by atoms with Gasteiger partial charge in [-0.05, 0) is 52.4 Å². The number of thioether (sulfide) groups is 1. The number of nitrogens with one attached hydrogen (secondary N) is 1. The lowest BCUT2D eigenvalue weighted by Gasteiger charge is -2.07. The average molecular weight is 432 g/mol.